The van der Waals surface area contributed by atoms with Gasteiger partial charge in [0, 0.05) is 17.6 Å². The zero-order chi connectivity index (χ0) is 17.6. The first-order valence-corrected chi connectivity index (χ1v) is 8.12. The number of hydrogen-bond acceptors (Lipinski definition) is 5. The minimum absolute atomic E-state index is 0.263. The Hall–Kier alpha value is -2.86. The van der Waals surface area contributed by atoms with Crippen LogP contribution in [0.25, 0.3) is 0 Å². The molecular formula is C18H17ClN4O2. The molecule has 0 atom stereocenters. The van der Waals surface area contributed by atoms with Crippen molar-refractivity contribution >= 4 is 23.3 Å². The lowest BCUT2D eigenvalue weighted by Crippen LogP contribution is -2.24. The molecule has 1 aromatic carbocycles. The van der Waals surface area contributed by atoms with E-state index < -0.39 is 0 Å². The van der Waals surface area contributed by atoms with Crippen molar-refractivity contribution in [3.8, 4) is 0 Å². The molecule has 0 aliphatic rings. The molecule has 128 valence electrons. The number of halogens is 1. The summed E-state index contributed by atoms with van der Waals surface area (Å²) in [6.07, 6.45) is 1.61. The fourth-order valence-corrected chi connectivity index (χ4v) is 2.37. The number of amides is 1. The summed E-state index contributed by atoms with van der Waals surface area (Å²) in [5, 5.41) is 6.62. The van der Waals surface area contributed by atoms with Crippen molar-refractivity contribution < 1.29 is 9.21 Å². The van der Waals surface area contributed by atoms with Crippen molar-refractivity contribution in [2.75, 3.05) is 5.32 Å². The highest BCUT2D eigenvalue weighted by atomic mass is 35.5. The summed E-state index contributed by atoms with van der Waals surface area (Å²) in [6, 6.07) is 12.6. The fourth-order valence-electron chi connectivity index (χ4n) is 2.24. The van der Waals surface area contributed by atoms with Crippen molar-refractivity contribution in [1.29, 1.82) is 0 Å². The van der Waals surface area contributed by atoms with Crippen LogP contribution in [0, 0.1) is 6.92 Å². The Labute approximate surface area is 150 Å². The molecule has 25 heavy (non-hydrogen) atoms. The van der Waals surface area contributed by atoms with Crippen molar-refractivity contribution in [3.05, 3.63) is 76.6 Å². The zero-order valence-corrected chi connectivity index (χ0v) is 14.4. The quantitative estimate of drug-likeness (QED) is 0.705. The highest BCUT2D eigenvalue weighted by Gasteiger charge is 2.10. The number of benzene rings is 1. The van der Waals surface area contributed by atoms with Gasteiger partial charge in [0.25, 0.3) is 5.91 Å². The van der Waals surface area contributed by atoms with Gasteiger partial charge in [0.15, 0.2) is 0 Å². The van der Waals surface area contributed by atoms with Crippen LogP contribution in [0.15, 0.2) is 53.1 Å². The second kappa shape index (κ2) is 7.81. The molecule has 0 saturated heterocycles. The minimum Gasteiger partial charge on any atom is -0.467 e. The smallest absolute Gasteiger partial charge is 0.270 e. The largest absolute Gasteiger partial charge is 0.467 e. The van der Waals surface area contributed by atoms with Crippen LogP contribution in [0.1, 0.15) is 27.6 Å². The third-order valence-corrected chi connectivity index (χ3v) is 3.71. The first-order chi connectivity index (χ1) is 12.1. The van der Waals surface area contributed by atoms with E-state index in [0.717, 1.165) is 11.3 Å². The van der Waals surface area contributed by atoms with E-state index in [2.05, 4.69) is 20.6 Å². The second-order valence-corrected chi connectivity index (χ2v) is 5.86. The molecule has 2 aromatic heterocycles. The molecule has 1 amide bonds. The monoisotopic (exact) mass is 356 g/mol. The van der Waals surface area contributed by atoms with Crippen LogP contribution in [0.3, 0.4) is 0 Å². The van der Waals surface area contributed by atoms with E-state index >= 15 is 0 Å². The van der Waals surface area contributed by atoms with Crippen LogP contribution in [-0.4, -0.2) is 15.9 Å². The predicted octanol–water partition coefficient (Wildman–Crippen LogP) is 3.57. The van der Waals surface area contributed by atoms with E-state index in [9.17, 15) is 4.79 Å². The van der Waals surface area contributed by atoms with Gasteiger partial charge in [-0.25, -0.2) is 9.97 Å². The first kappa shape index (κ1) is 17.0. The number of rotatable bonds is 6. The Balaban J connectivity index is 1.64. The number of furan rings is 1. The number of anilines is 1. The summed E-state index contributed by atoms with van der Waals surface area (Å²) in [5.41, 5.74) is 1.27. The Kier molecular flexibility index (Phi) is 5.30. The number of aromatic nitrogens is 2. The van der Waals surface area contributed by atoms with Crippen molar-refractivity contribution in [1.82, 2.24) is 15.3 Å². The van der Waals surface area contributed by atoms with Crippen LogP contribution >= 0.6 is 11.6 Å². The molecule has 0 aliphatic heterocycles. The van der Waals surface area contributed by atoms with E-state index in [1.165, 1.54) is 0 Å². The maximum absolute atomic E-state index is 12.3. The lowest BCUT2D eigenvalue weighted by Gasteiger charge is -2.09. The Morgan fingerprint density at radius 3 is 2.68 bits per heavy atom. The minimum atomic E-state index is -0.263. The predicted molar refractivity (Wildman–Crippen MR) is 95.4 cm³/mol. The summed E-state index contributed by atoms with van der Waals surface area (Å²) in [7, 11) is 0. The van der Waals surface area contributed by atoms with Gasteiger partial charge in [-0.1, -0.05) is 23.7 Å². The highest BCUT2D eigenvalue weighted by molar-refractivity contribution is 6.30. The second-order valence-electron chi connectivity index (χ2n) is 5.43. The molecule has 0 unspecified atom stereocenters. The van der Waals surface area contributed by atoms with Gasteiger partial charge in [-0.2, -0.15) is 0 Å². The van der Waals surface area contributed by atoms with Crippen LogP contribution in [0.5, 0.6) is 0 Å². The molecule has 6 nitrogen and oxygen atoms in total. The van der Waals surface area contributed by atoms with Crippen molar-refractivity contribution in [2.45, 2.75) is 20.0 Å². The number of carbonyl (C=O) groups is 1. The van der Waals surface area contributed by atoms with Gasteiger partial charge in [0.2, 0.25) is 0 Å². The molecule has 7 heteroatoms. The molecule has 0 spiro atoms. The molecular weight excluding hydrogens is 340 g/mol. The summed E-state index contributed by atoms with van der Waals surface area (Å²) in [6.45, 7) is 2.62. The molecule has 0 bridgehead atoms. The SMILES string of the molecule is Cc1nc(NCc2ccco2)cc(C(=O)NCc2ccc(Cl)cc2)n1. The average Bonchev–Trinajstić information content (AvgIpc) is 3.12. The molecule has 0 aliphatic carbocycles. The van der Waals surface area contributed by atoms with Crippen LogP contribution < -0.4 is 10.6 Å². The van der Waals surface area contributed by atoms with Crippen molar-refractivity contribution in [2.24, 2.45) is 0 Å². The van der Waals surface area contributed by atoms with E-state index in [0.29, 0.717) is 35.4 Å². The third-order valence-electron chi connectivity index (χ3n) is 3.46. The standard InChI is InChI=1S/C18H17ClN4O2/c1-12-22-16(9-17(23-12)20-11-15-3-2-8-25-15)18(24)21-10-13-4-6-14(19)7-5-13/h2-9H,10-11H2,1H3,(H,21,24)(H,20,22,23). The maximum atomic E-state index is 12.3. The molecule has 3 aromatic rings. The van der Waals surface area contributed by atoms with Crippen molar-refractivity contribution in [3.63, 3.8) is 0 Å². The van der Waals surface area contributed by atoms with E-state index in [-0.39, 0.29) is 5.91 Å². The molecule has 2 heterocycles. The van der Waals surface area contributed by atoms with Gasteiger partial charge in [-0.15, -0.1) is 0 Å². The van der Waals surface area contributed by atoms with E-state index in [1.54, 1.807) is 31.4 Å². The van der Waals surface area contributed by atoms with Crippen LogP contribution in [0.2, 0.25) is 5.02 Å². The van der Waals surface area contributed by atoms with Crippen LogP contribution in [-0.2, 0) is 13.1 Å². The highest BCUT2D eigenvalue weighted by Crippen LogP contribution is 2.11. The maximum Gasteiger partial charge on any atom is 0.270 e. The van der Waals surface area contributed by atoms with E-state index in [1.807, 2.05) is 24.3 Å². The number of carbonyl (C=O) groups excluding carboxylic acids is 1. The zero-order valence-electron chi connectivity index (χ0n) is 13.6. The van der Waals surface area contributed by atoms with Gasteiger partial charge in [-0.05, 0) is 36.8 Å². The number of aryl methyl sites for hydroxylation is 1. The van der Waals surface area contributed by atoms with Gasteiger partial charge in [0.05, 0.1) is 12.8 Å². The lowest BCUT2D eigenvalue weighted by molar-refractivity contribution is 0.0945. The molecule has 3 rings (SSSR count). The molecule has 2 N–H and O–H groups in total. The molecule has 0 radical (unpaired) electrons. The fraction of sp³-hybridized carbons (Fsp3) is 0.167. The number of hydrogen-bond donors (Lipinski definition) is 2. The van der Waals surface area contributed by atoms with Gasteiger partial charge in [-0.3, -0.25) is 4.79 Å². The molecule has 0 saturated carbocycles. The Morgan fingerprint density at radius 1 is 1.16 bits per heavy atom. The lowest BCUT2D eigenvalue weighted by atomic mass is 10.2. The van der Waals surface area contributed by atoms with Gasteiger partial charge >= 0.3 is 0 Å². The number of nitrogens with zero attached hydrogens (tertiary/aromatic N) is 2. The third kappa shape index (κ3) is 4.81. The summed E-state index contributed by atoms with van der Waals surface area (Å²) >= 11 is 5.85. The summed E-state index contributed by atoms with van der Waals surface area (Å²) < 4.78 is 5.26. The summed E-state index contributed by atoms with van der Waals surface area (Å²) in [4.78, 5) is 20.8. The number of nitrogens with one attached hydrogen (secondary N) is 2. The topological polar surface area (TPSA) is 80.0 Å². The summed E-state index contributed by atoms with van der Waals surface area (Å²) in [5.74, 6) is 1.60. The average molecular weight is 357 g/mol. The normalized spacial score (nSPS) is 10.5. The van der Waals surface area contributed by atoms with Gasteiger partial charge < -0.3 is 15.1 Å². The van der Waals surface area contributed by atoms with Gasteiger partial charge in [0.1, 0.15) is 23.1 Å². The van der Waals surface area contributed by atoms with E-state index in [4.69, 9.17) is 16.0 Å². The Morgan fingerprint density at radius 2 is 1.96 bits per heavy atom. The first-order valence-electron chi connectivity index (χ1n) is 7.75. The van der Waals surface area contributed by atoms with Crippen LogP contribution in [0.4, 0.5) is 5.82 Å². The Bertz CT molecular complexity index is 848. The molecule has 0 fully saturated rings.